The third-order valence-corrected chi connectivity index (χ3v) is 5.11. The third-order valence-electron chi connectivity index (χ3n) is 5.11. The predicted molar refractivity (Wildman–Crippen MR) is 82.7 cm³/mol. The van der Waals surface area contributed by atoms with Crippen molar-refractivity contribution in [3.05, 3.63) is 29.6 Å². The highest BCUT2D eigenvalue weighted by molar-refractivity contribution is 5.93. The predicted octanol–water partition coefficient (Wildman–Crippen LogP) is 1.33. The molecule has 1 aliphatic carbocycles. The van der Waals surface area contributed by atoms with Crippen LogP contribution in [0.2, 0.25) is 0 Å². The highest BCUT2D eigenvalue weighted by atomic mass is 16.5. The molecule has 22 heavy (non-hydrogen) atoms. The van der Waals surface area contributed by atoms with Crippen molar-refractivity contribution in [2.45, 2.75) is 31.9 Å². The number of carbonyl (C=O) groups is 1. The van der Waals surface area contributed by atoms with Crippen molar-refractivity contribution in [3.63, 3.8) is 0 Å². The summed E-state index contributed by atoms with van der Waals surface area (Å²) in [4.78, 5) is 21.5. The molecule has 0 bridgehead atoms. The minimum Gasteiger partial charge on any atom is -0.373 e. The molecule has 0 N–H and O–H groups in total. The van der Waals surface area contributed by atoms with Gasteiger partial charge in [0.1, 0.15) is 5.69 Å². The summed E-state index contributed by atoms with van der Waals surface area (Å²) in [5.74, 6) is 0.920. The van der Waals surface area contributed by atoms with E-state index in [9.17, 15) is 4.79 Å². The summed E-state index contributed by atoms with van der Waals surface area (Å²) in [6.45, 7) is 6.38. The van der Waals surface area contributed by atoms with Crippen LogP contribution in [-0.4, -0.2) is 65.6 Å². The van der Waals surface area contributed by atoms with Gasteiger partial charge in [-0.15, -0.1) is 0 Å². The molecule has 0 radical (unpaired) electrons. The van der Waals surface area contributed by atoms with Gasteiger partial charge in [-0.3, -0.25) is 14.7 Å². The first-order chi connectivity index (χ1) is 10.7. The minimum atomic E-state index is 0.0440. The second-order valence-electron chi connectivity index (χ2n) is 6.79. The van der Waals surface area contributed by atoms with Gasteiger partial charge in [-0.05, 0) is 37.3 Å². The number of ether oxygens (including phenoxy) is 1. The van der Waals surface area contributed by atoms with E-state index in [0.29, 0.717) is 18.3 Å². The molecule has 5 heteroatoms. The van der Waals surface area contributed by atoms with E-state index in [4.69, 9.17) is 4.74 Å². The second-order valence-corrected chi connectivity index (χ2v) is 6.79. The molecule has 3 aliphatic rings. The first-order valence-electron chi connectivity index (χ1n) is 8.29. The molecule has 3 heterocycles. The summed E-state index contributed by atoms with van der Waals surface area (Å²) in [6.07, 6.45) is 4.59. The Labute approximate surface area is 131 Å². The number of morpholine rings is 1. The van der Waals surface area contributed by atoms with E-state index < -0.39 is 0 Å². The highest BCUT2D eigenvalue weighted by Gasteiger charge is 2.43. The van der Waals surface area contributed by atoms with Gasteiger partial charge in [0.25, 0.3) is 5.91 Å². The van der Waals surface area contributed by atoms with Gasteiger partial charge in [-0.25, -0.2) is 0 Å². The van der Waals surface area contributed by atoms with Crippen LogP contribution in [0.1, 0.15) is 28.9 Å². The van der Waals surface area contributed by atoms with Crippen molar-refractivity contribution in [2.24, 2.45) is 5.92 Å². The molecule has 1 aromatic heterocycles. The van der Waals surface area contributed by atoms with E-state index >= 15 is 0 Å². The Morgan fingerprint density at radius 2 is 2.27 bits per heavy atom. The number of aromatic nitrogens is 1. The number of hydrogen-bond donors (Lipinski definition) is 0. The van der Waals surface area contributed by atoms with Crippen LogP contribution in [-0.2, 0) is 4.74 Å². The Bertz CT molecular complexity index is 573. The van der Waals surface area contributed by atoms with E-state index in [2.05, 4.69) is 9.88 Å². The fourth-order valence-electron chi connectivity index (χ4n) is 3.64. The van der Waals surface area contributed by atoms with Gasteiger partial charge < -0.3 is 9.64 Å². The van der Waals surface area contributed by atoms with E-state index in [-0.39, 0.29) is 12.0 Å². The van der Waals surface area contributed by atoms with Gasteiger partial charge in [0.2, 0.25) is 0 Å². The fourth-order valence-corrected chi connectivity index (χ4v) is 3.64. The zero-order valence-electron chi connectivity index (χ0n) is 13.1. The second kappa shape index (κ2) is 5.63. The largest absolute Gasteiger partial charge is 0.373 e. The summed E-state index contributed by atoms with van der Waals surface area (Å²) in [6, 6.07) is 4.18. The molecule has 0 unspecified atom stereocenters. The quantitative estimate of drug-likeness (QED) is 0.845. The molecule has 1 aromatic rings. The molecule has 1 amide bonds. The molecule has 2 aliphatic heterocycles. The number of rotatable bonds is 3. The van der Waals surface area contributed by atoms with Crippen LogP contribution >= 0.6 is 0 Å². The van der Waals surface area contributed by atoms with Gasteiger partial charge in [0, 0.05) is 32.4 Å². The minimum absolute atomic E-state index is 0.0440. The van der Waals surface area contributed by atoms with Gasteiger partial charge in [0.15, 0.2) is 0 Å². The third kappa shape index (κ3) is 2.63. The van der Waals surface area contributed by atoms with E-state index in [1.807, 2.05) is 24.0 Å². The Morgan fingerprint density at radius 3 is 3.05 bits per heavy atom. The van der Waals surface area contributed by atoms with Gasteiger partial charge >= 0.3 is 0 Å². The maximum Gasteiger partial charge on any atom is 0.272 e. The number of nitrogens with zero attached hydrogens (tertiary/aromatic N) is 3. The smallest absolute Gasteiger partial charge is 0.272 e. The topological polar surface area (TPSA) is 45.7 Å². The highest BCUT2D eigenvalue weighted by Crippen LogP contribution is 2.33. The van der Waals surface area contributed by atoms with Crippen molar-refractivity contribution in [3.8, 4) is 0 Å². The Hall–Kier alpha value is -1.46. The Kier molecular flexibility index (Phi) is 3.62. The summed E-state index contributed by atoms with van der Waals surface area (Å²) in [5, 5.41) is 0. The zero-order chi connectivity index (χ0) is 15.1. The van der Waals surface area contributed by atoms with Crippen LogP contribution in [0.25, 0.3) is 0 Å². The molecular formula is C17H23N3O2. The fraction of sp³-hybridized carbons (Fsp3) is 0.647. The number of carbonyl (C=O) groups excluding carboxylic acids is 1. The lowest BCUT2D eigenvalue weighted by atomic mass is 10.1. The normalized spacial score (nSPS) is 28.7. The van der Waals surface area contributed by atoms with Crippen molar-refractivity contribution in [1.29, 1.82) is 0 Å². The van der Waals surface area contributed by atoms with E-state index in [0.717, 1.165) is 31.2 Å². The summed E-state index contributed by atoms with van der Waals surface area (Å²) in [5.41, 5.74) is 1.52. The molecule has 0 aromatic carbocycles. The standard InChI is InChI=1S/C17H23N3O2/c1-12-3-2-6-18-16(12)17(21)20-10-14-15(11-20)22-8-7-19(14)9-13-4-5-13/h2-3,6,13-15H,4-5,7-11H2,1H3/t14-,15-/m0/s1. The van der Waals surface area contributed by atoms with Crippen molar-refractivity contribution in [2.75, 3.05) is 32.8 Å². The number of likely N-dealkylation sites (tertiary alicyclic amines) is 1. The lowest BCUT2D eigenvalue weighted by Crippen LogP contribution is -2.51. The van der Waals surface area contributed by atoms with Crippen LogP contribution < -0.4 is 0 Å². The van der Waals surface area contributed by atoms with Gasteiger partial charge in [-0.2, -0.15) is 0 Å². The number of pyridine rings is 1. The molecule has 4 rings (SSSR count). The van der Waals surface area contributed by atoms with Crippen molar-refractivity contribution >= 4 is 5.91 Å². The molecule has 5 nitrogen and oxygen atoms in total. The molecule has 118 valence electrons. The summed E-state index contributed by atoms with van der Waals surface area (Å²) >= 11 is 0. The summed E-state index contributed by atoms with van der Waals surface area (Å²) < 4.78 is 5.92. The maximum absolute atomic E-state index is 12.7. The molecule has 0 spiro atoms. The van der Waals surface area contributed by atoms with Crippen LogP contribution in [0.4, 0.5) is 0 Å². The lowest BCUT2D eigenvalue weighted by Gasteiger charge is -2.36. The van der Waals surface area contributed by atoms with E-state index in [1.165, 1.54) is 19.4 Å². The summed E-state index contributed by atoms with van der Waals surface area (Å²) in [7, 11) is 0. The lowest BCUT2D eigenvalue weighted by molar-refractivity contribution is -0.0484. The molecule has 1 saturated carbocycles. The molecule has 2 saturated heterocycles. The number of aryl methyl sites for hydroxylation is 1. The maximum atomic E-state index is 12.7. The van der Waals surface area contributed by atoms with Crippen LogP contribution in [0.5, 0.6) is 0 Å². The SMILES string of the molecule is Cc1cccnc1C(=O)N1C[C@@H]2OCCN(CC3CC3)[C@H]2C1. The van der Waals surface area contributed by atoms with Crippen LogP contribution in [0, 0.1) is 12.8 Å². The van der Waals surface area contributed by atoms with Crippen LogP contribution in [0.15, 0.2) is 18.3 Å². The Morgan fingerprint density at radius 1 is 1.41 bits per heavy atom. The monoisotopic (exact) mass is 301 g/mol. The Balaban J connectivity index is 1.48. The van der Waals surface area contributed by atoms with Gasteiger partial charge in [-0.1, -0.05) is 6.07 Å². The first-order valence-corrected chi connectivity index (χ1v) is 8.29. The van der Waals surface area contributed by atoms with E-state index in [1.54, 1.807) is 6.20 Å². The van der Waals surface area contributed by atoms with Gasteiger partial charge in [0.05, 0.1) is 18.8 Å². The first kappa shape index (κ1) is 14.2. The number of amides is 1. The zero-order valence-corrected chi connectivity index (χ0v) is 13.1. The average Bonchev–Trinajstić information content (AvgIpc) is 3.22. The number of fused-ring (bicyclic) bond motifs is 1. The average molecular weight is 301 g/mol. The molecule has 3 fully saturated rings. The molecular weight excluding hydrogens is 278 g/mol. The molecule has 2 atom stereocenters. The van der Waals surface area contributed by atoms with Crippen LogP contribution in [0.3, 0.4) is 0 Å². The number of hydrogen-bond acceptors (Lipinski definition) is 4. The van der Waals surface area contributed by atoms with Crippen molar-refractivity contribution < 1.29 is 9.53 Å². The van der Waals surface area contributed by atoms with Crippen molar-refractivity contribution in [1.82, 2.24) is 14.8 Å².